The first-order chi connectivity index (χ1) is 15.4. The molecule has 0 radical (unpaired) electrons. The lowest BCUT2D eigenvalue weighted by atomic mass is 10.0. The number of ketones is 1. The summed E-state index contributed by atoms with van der Waals surface area (Å²) in [5.41, 5.74) is 2.21. The van der Waals surface area contributed by atoms with Crippen LogP contribution in [0.15, 0.2) is 70.8 Å². The van der Waals surface area contributed by atoms with Gasteiger partial charge in [0.1, 0.15) is 17.1 Å². The Morgan fingerprint density at radius 2 is 1.84 bits per heavy atom. The third kappa shape index (κ3) is 3.66. The molecule has 4 aromatic rings. The summed E-state index contributed by atoms with van der Waals surface area (Å²) in [6.45, 7) is 1.75. The molecule has 1 aliphatic heterocycles. The van der Waals surface area contributed by atoms with E-state index in [9.17, 15) is 9.59 Å². The third-order valence-electron chi connectivity index (χ3n) is 5.03. The summed E-state index contributed by atoms with van der Waals surface area (Å²) in [5, 5.41) is 1.69. The van der Waals surface area contributed by atoms with Crippen molar-refractivity contribution < 1.29 is 23.5 Å². The molecule has 0 atom stereocenters. The van der Waals surface area contributed by atoms with Crippen molar-refractivity contribution in [1.29, 1.82) is 0 Å². The van der Waals surface area contributed by atoms with Gasteiger partial charge in [-0.2, -0.15) is 0 Å². The number of allylic oxidation sites excluding steroid dienone is 1. The molecule has 0 aliphatic carbocycles. The number of halogens is 2. The van der Waals surface area contributed by atoms with E-state index in [1.165, 1.54) is 6.07 Å². The number of para-hydroxylation sites is 1. The number of fused-ring (bicyclic) bond motifs is 2. The molecule has 7 heteroatoms. The number of hydrogen-bond acceptors (Lipinski definition) is 5. The average Bonchev–Trinajstić information content (AvgIpc) is 3.31. The molecule has 1 aromatic heterocycles. The van der Waals surface area contributed by atoms with Gasteiger partial charge in [-0.05, 0) is 54.5 Å². The van der Waals surface area contributed by atoms with Crippen molar-refractivity contribution in [2.75, 3.05) is 0 Å². The zero-order chi connectivity index (χ0) is 22.4. The molecule has 0 bridgehead atoms. The van der Waals surface area contributed by atoms with E-state index in [0.717, 1.165) is 5.39 Å². The minimum Gasteiger partial charge on any atom is -0.452 e. The lowest BCUT2D eigenvalue weighted by Gasteiger charge is -2.06. The fraction of sp³-hybridized carbons (Fsp3) is 0.0400. The van der Waals surface area contributed by atoms with Crippen LogP contribution in [0.2, 0.25) is 10.0 Å². The zero-order valence-corrected chi connectivity index (χ0v) is 18.2. The summed E-state index contributed by atoms with van der Waals surface area (Å²) in [6, 6.07) is 17.0. The summed E-state index contributed by atoms with van der Waals surface area (Å²) in [7, 11) is 0. The van der Waals surface area contributed by atoms with Crippen molar-refractivity contribution in [3.8, 4) is 11.5 Å². The van der Waals surface area contributed by atoms with Gasteiger partial charge in [-0.3, -0.25) is 4.79 Å². The van der Waals surface area contributed by atoms with Gasteiger partial charge >= 0.3 is 5.97 Å². The van der Waals surface area contributed by atoms with Crippen LogP contribution in [-0.4, -0.2) is 11.8 Å². The van der Waals surface area contributed by atoms with Crippen molar-refractivity contribution >= 4 is 52.0 Å². The van der Waals surface area contributed by atoms with Crippen LogP contribution >= 0.6 is 23.2 Å². The van der Waals surface area contributed by atoms with Gasteiger partial charge in [0.05, 0.1) is 5.56 Å². The van der Waals surface area contributed by atoms with Crippen LogP contribution in [0.5, 0.6) is 11.5 Å². The van der Waals surface area contributed by atoms with Crippen LogP contribution in [0, 0.1) is 6.92 Å². The standard InChI is InChI=1S/C25H14Cl2O5/c1-13-8-17(30-25(29)22-10-15-4-2-3-5-19(15)31-22)12-20-23(13)24(28)21(32-20)9-14-6-7-16(26)11-18(14)27/h2-12H,1H3/b21-9-. The molecule has 1 aliphatic rings. The van der Waals surface area contributed by atoms with Gasteiger partial charge in [0.15, 0.2) is 5.76 Å². The van der Waals surface area contributed by atoms with E-state index in [1.54, 1.807) is 49.4 Å². The number of esters is 1. The van der Waals surface area contributed by atoms with E-state index >= 15 is 0 Å². The molecular formula is C25H14Cl2O5. The van der Waals surface area contributed by atoms with E-state index in [0.29, 0.717) is 38.1 Å². The van der Waals surface area contributed by atoms with E-state index < -0.39 is 5.97 Å². The van der Waals surface area contributed by atoms with Crippen LogP contribution < -0.4 is 9.47 Å². The molecule has 0 N–H and O–H groups in total. The van der Waals surface area contributed by atoms with Crippen LogP contribution in [0.3, 0.4) is 0 Å². The van der Waals surface area contributed by atoms with Crippen molar-refractivity contribution in [3.05, 3.63) is 98.9 Å². The third-order valence-corrected chi connectivity index (χ3v) is 5.59. The summed E-state index contributed by atoms with van der Waals surface area (Å²) >= 11 is 12.1. The van der Waals surface area contributed by atoms with Crippen LogP contribution in [0.1, 0.15) is 32.0 Å². The second-order valence-corrected chi connectivity index (χ2v) is 8.10. The molecule has 158 valence electrons. The Balaban J connectivity index is 1.42. The van der Waals surface area contributed by atoms with Gasteiger partial charge < -0.3 is 13.9 Å². The summed E-state index contributed by atoms with van der Waals surface area (Å²) in [5.74, 6) is -0.177. The fourth-order valence-corrected chi connectivity index (χ4v) is 4.00. The monoisotopic (exact) mass is 464 g/mol. The van der Waals surface area contributed by atoms with E-state index in [2.05, 4.69) is 0 Å². The maximum Gasteiger partial charge on any atom is 0.379 e. The maximum atomic E-state index is 12.9. The van der Waals surface area contributed by atoms with Gasteiger partial charge in [0.25, 0.3) is 0 Å². The highest BCUT2D eigenvalue weighted by Gasteiger charge is 2.30. The molecule has 0 amide bonds. The number of rotatable bonds is 3. The largest absolute Gasteiger partial charge is 0.452 e. The molecule has 5 rings (SSSR count). The van der Waals surface area contributed by atoms with Crippen molar-refractivity contribution in [2.24, 2.45) is 0 Å². The number of hydrogen-bond donors (Lipinski definition) is 0. The summed E-state index contributed by atoms with van der Waals surface area (Å²) < 4.78 is 16.8. The first-order valence-electron chi connectivity index (χ1n) is 9.64. The molecular weight excluding hydrogens is 451 g/mol. The quantitative estimate of drug-likeness (QED) is 0.187. The minimum absolute atomic E-state index is 0.0827. The first kappa shape index (κ1) is 20.4. The predicted molar refractivity (Wildman–Crippen MR) is 122 cm³/mol. The Morgan fingerprint density at radius 3 is 2.62 bits per heavy atom. The second-order valence-electron chi connectivity index (χ2n) is 7.26. The van der Waals surface area contributed by atoms with Crippen molar-refractivity contribution in [2.45, 2.75) is 6.92 Å². The normalized spacial score (nSPS) is 14.0. The number of aryl methyl sites for hydroxylation is 1. The Kier molecular flexibility index (Phi) is 5.00. The predicted octanol–water partition coefficient (Wildman–Crippen LogP) is 6.88. The Bertz CT molecular complexity index is 1420. The Labute approximate surface area is 192 Å². The lowest BCUT2D eigenvalue weighted by molar-refractivity contribution is 0.0703. The number of carbonyl (C=O) groups is 2. The van der Waals surface area contributed by atoms with E-state index in [-0.39, 0.29) is 23.1 Å². The zero-order valence-electron chi connectivity index (χ0n) is 16.6. The van der Waals surface area contributed by atoms with Gasteiger partial charge in [0, 0.05) is 21.5 Å². The molecule has 0 spiro atoms. The molecule has 0 saturated heterocycles. The molecule has 2 heterocycles. The van der Waals surface area contributed by atoms with Gasteiger partial charge in [-0.25, -0.2) is 4.79 Å². The number of Topliss-reactive ketones (excluding diaryl/α,β-unsaturated/α-hetero) is 1. The smallest absolute Gasteiger partial charge is 0.379 e. The topological polar surface area (TPSA) is 65.7 Å². The number of furan rings is 1. The fourth-order valence-electron chi connectivity index (χ4n) is 3.54. The van der Waals surface area contributed by atoms with Crippen molar-refractivity contribution in [3.63, 3.8) is 0 Å². The Morgan fingerprint density at radius 1 is 1.03 bits per heavy atom. The molecule has 32 heavy (non-hydrogen) atoms. The Hall–Kier alpha value is -3.54. The highest BCUT2D eigenvalue weighted by Crippen LogP contribution is 2.38. The van der Waals surface area contributed by atoms with Crippen LogP contribution in [0.25, 0.3) is 17.0 Å². The van der Waals surface area contributed by atoms with Crippen LogP contribution in [-0.2, 0) is 0 Å². The molecule has 0 saturated carbocycles. The minimum atomic E-state index is -0.645. The number of benzene rings is 3. The number of ether oxygens (including phenoxy) is 2. The van der Waals surface area contributed by atoms with Crippen LogP contribution in [0.4, 0.5) is 0 Å². The van der Waals surface area contributed by atoms with Gasteiger partial charge in [0.2, 0.25) is 11.5 Å². The average molecular weight is 465 g/mol. The maximum absolute atomic E-state index is 12.9. The van der Waals surface area contributed by atoms with Gasteiger partial charge in [-0.15, -0.1) is 0 Å². The molecule has 3 aromatic carbocycles. The molecule has 5 nitrogen and oxygen atoms in total. The molecule has 0 unspecified atom stereocenters. The van der Waals surface area contributed by atoms with E-state index in [4.69, 9.17) is 37.1 Å². The second kappa shape index (κ2) is 7.86. The molecule has 0 fully saturated rings. The van der Waals surface area contributed by atoms with Gasteiger partial charge in [-0.1, -0.05) is 47.5 Å². The SMILES string of the molecule is Cc1cc(OC(=O)c2cc3ccccc3o2)cc2c1C(=O)/C(=C/c1ccc(Cl)cc1Cl)O2. The lowest BCUT2D eigenvalue weighted by Crippen LogP contribution is -2.07. The highest BCUT2D eigenvalue weighted by molar-refractivity contribution is 6.35. The first-order valence-corrected chi connectivity index (χ1v) is 10.4. The summed E-state index contributed by atoms with van der Waals surface area (Å²) in [4.78, 5) is 25.4. The number of carbonyl (C=O) groups excluding carboxylic acids is 2. The van der Waals surface area contributed by atoms with E-state index in [1.807, 2.05) is 18.2 Å². The summed E-state index contributed by atoms with van der Waals surface area (Å²) in [6.07, 6.45) is 1.56. The van der Waals surface area contributed by atoms with Crippen molar-refractivity contribution in [1.82, 2.24) is 0 Å². The highest BCUT2D eigenvalue weighted by atomic mass is 35.5.